The molecule has 2 rings (SSSR count). The van der Waals surface area contributed by atoms with Crippen LogP contribution in [0.5, 0.6) is 0 Å². The third-order valence-electron chi connectivity index (χ3n) is 4.25. The predicted octanol–water partition coefficient (Wildman–Crippen LogP) is 3.46. The lowest BCUT2D eigenvalue weighted by molar-refractivity contribution is 0.320. The van der Waals surface area contributed by atoms with Gasteiger partial charge in [-0.05, 0) is 25.8 Å². The van der Waals surface area contributed by atoms with Crippen LogP contribution >= 0.6 is 0 Å². The van der Waals surface area contributed by atoms with Crippen LogP contribution in [0.25, 0.3) is 0 Å². The van der Waals surface area contributed by atoms with Crippen molar-refractivity contribution in [2.45, 2.75) is 38.6 Å². The highest BCUT2D eigenvalue weighted by Crippen LogP contribution is 2.29. The summed E-state index contributed by atoms with van der Waals surface area (Å²) in [6.07, 6.45) is 2.56. The van der Waals surface area contributed by atoms with Crippen LogP contribution in [-0.2, 0) is 0 Å². The molecule has 20 heavy (non-hydrogen) atoms. The van der Waals surface area contributed by atoms with Gasteiger partial charge in [0, 0.05) is 30.8 Å². The number of benzene rings is 1. The number of rotatable bonds is 3. The van der Waals surface area contributed by atoms with Gasteiger partial charge in [-0.15, -0.1) is 0 Å². The topological polar surface area (TPSA) is 15.3 Å². The van der Waals surface area contributed by atoms with Crippen molar-refractivity contribution in [3.63, 3.8) is 0 Å². The standard InChI is InChI=1S/C15H21F3N2/c1-3-15(4-2)10-20(7-5-6-19-15)14-12(17)8-11(16)9-13(14)18/h8-9,19H,3-7,10H2,1-2H3. The molecule has 0 radical (unpaired) electrons. The summed E-state index contributed by atoms with van der Waals surface area (Å²) in [5.74, 6) is -2.54. The van der Waals surface area contributed by atoms with E-state index in [2.05, 4.69) is 19.2 Å². The first kappa shape index (κ1) is 15.2. The first-order valence-electron chi connectivity index (χ1n) is 7.16. The lowest BCUT2D eigenvalue weighted by atomic mass is 9.92. The second kappa shape index (κ2) is 6.04. The van der Waals surface area contributed by atoms with Crippen LogP contribution in [-0.4, -0.2) is 25.2 Å². The quantitative estimate of drug-likeness (QED) is 0.915. The second-order valence-corrected chi connectivity index (χ2v) is 5.41. The molecule has 1 fully saturated rings. The summed E-state index contributed by atoms with van der Waals surface area (Å²) in [6, 6.07) is 1.49. The van der Waals surface area contributed by atoms with Crippen molar-refractivity contribution >= 4 is 5.69 Å². The molecule has 1 aromatic carbocycles. The number of nitrogens with one attached hydrogen (secondary N) is 1. The minimum absolute atomic E-state index is 0.110. The number of halogens is 3. The highest BCUT2D eigenvalue weighted by Gasteiger charge is 2.32. The van der Waals surface area contributed by atoms with Crippen molar-refractivity contribution in [1.29, 1.82) is 0 Å². The summed E-state index contributed by atoms with van der Waals surface area (Å²) >= 11 is 0. The van der Waals surface area contributed by atoms with Crippen LogP contribution in [0.4, 0.5) is 18.9 Å². The molecule has 0 unspecified atom stereocenters. The molecular formula is C15H21F3N2. The van der Waals surface area contributed by atoms with Crippen molar-refractivity contribution in [1.82, 2.24) is 5.32 Å². The Kier molecular flexibility index (Phi) is 4.58. The van der Waals surface area contributed by atoms with E-state index in [0.717, 1.165) is 37.9 Å². The van der Waals surface area contributed by atoms with E-state index >= 15 is 0 Å². The van der Waals surface area contributed by atoms with E-state index in [-0.39, 0.29) is 11.2 Å². The Morgan fingerprint density at radius 3 is 2.30 bits per heavy atom. The highest BCUT2D eigenvalue weighted by molar-refractivity contribution is 5.50. The Hall–Kier alpha value is -1.23. The first-order chi connectivity index (χ1) is 9.51. The summed E-state index contributed by atoms with van der Waals surface area (Å²) < 4.78 is 40.9. The molecule has 0 spiro atoms. The molecular weight excluding hydrogens is 265 g/mol. The van der Waals surface area contributed by atoms with E-state index in [1.165, 1.54) is 0 Å². The van der Waals surface area contributed by atoms with Gasteiger partial charge in [0.05, 0.1) is 0 Å². The Bertz CT molecular complexity index is 449. The molecule has 0 amide bonds. The molecule has 2 nitrogen and oxygen atoms in total. The van der Waals surface area contributed by atoms with Crippen molar-refractivity contribution in [3.05, 3.63) is 29.6 Å². The first-order valence-corrected chi connectivity index (χ1v) is 7.16. The molecule has 1 N–H and O–H groups in total. The van der Waals surface area contributed by atoms with Gasteiger partial charge in [-0.3, -0.25) is 0 Å². The third-order valence-corrected chi connectivity index (χ3v) is 4.25. The lowest BCUT2D eigenvalue weighted by Crippen LogP contribution is -2.51. The summed E-state index contributed by atoms with van der Waals surface area (Å²) in [5, 5.41) is 3.48. The predicted molar refractivity (Wildman–Crippen MR) is 74.5 cm³/mol. The minimum Gasteiger partial charge on any atom is -0.365 e. The fourth-order valence-corrected chi connectivity index (χ4v) is 2.87. The number of nitrogens with zero attached hydrogens (tertiary/aromatic N) is 1. The normalized spacial score (nSPS) is 18.9. The van der Waals surface area contributed by atoms with Gasteiger partial charge < -0.3 is 10.2 Å². The van der Waals surface area contributed by atoms with Gasteiger partial charge in [0.15, 0.2) is 11.6 Å². The Morgan fingerprint density at radius 1 is 1.15 bits per heavy atom. The third kappa shape index (κ3) is 2.92. The molecule has 1 heterocycles. The molecule has 5 heteroatoms. The van der Waals surface area contributed by atoms with Crippen molar-refractivity contribution in [3.8, 4) is 0 Å². The van der Waals surface area contributed by atoms with Crippen molar-refractivity contribution in [2.75, 3.05) is 24.5 Å². The second-order valence-electron chi connectivity index (χ2n) is 5.41. The van der Waals surface area contributed by atoms with Crippen molar-refractivity contribution < 1.29 is 13.2 Å². The maximum Gasteiger partial charge on any atom is 0.152 e. The maximum atomic E-state index is 13.9. The molecule has 0 aromatic heterocycles. The average Bonchev–Trinajstić information content (AvgIpc) is 2.61. The molecule has 1 saturated heterocycles. The molecule has 0 aliphatic carbocycles. The fraction of sp³-hybridized carbons (Fsp3) is 0.600. The van der Waals surface area contributed by atoms with Crippen LogP contribution in [0.15, 0.2) is 12.1 Å². The van der Waals surface area contributed by atoms with Gasteiger partial charge >= 0.3 is 0 Å². The van der Waals surface area contributed by atoms with Crippen LogP contribution in [0, 0.1) is 17.5 Å². The molecule has 0 atom stereocenters. The average molecular weight is 286 g/mol. The van der Waals surface area contributed by atoms with Gasteiger partial charge in [0.25, 0.3) is 0 Å². The van der Waals surface area contributed by atoms with Gasteiger partial charge in [-0.25, -0.2) is 13.2 Å². The van der Waals surface area contributed by atoms with E-state index in [0.29, 0.717) is 13.1 Å². The largest absolute Gasteiger partial charge is 0.365 e. The van der Waals surface area contributed by atoms with E-state index in [9.17, 15) is 13.2 Å². The maximum absolute atomic E-state index is 13.9. The monoisotopic (exact) mass is 286 g/mol. The van der Waals surface area contributed by atoms with E-state index < -0.39 is 17.5 Å². The zero-order valence-corrected chi connectivity index (χ0v) is 12.0. The lowest BCUT2D eigenvalue weighted by Gasteiger charge is -2.36. The van der Waals surface area contributed by atoms with Crippen molar-refractivity contribution in [2.24, 2.45) is 0 Å². The van der Waals surface area contributed by atoms with E-state index in [1.54, 1.807) is 4.90 Å². The number of anilines is 1. The van der Waals surface area contributed by atoms with Gasteiger partial charge in [-0.1, -0.05) is 13.8 Å². The van der Waals surface area contributed by atoms with Crippen LogP contribution in [0.3, 0.4) is 0 Å². The molecule has 1 aromatic rings. The fourth-order valence-electron chi connectivity index (χ4n) is 2.87. The minimum atomic E-state index is -0.881. The van der Waals surface area contributed by atoms with Gasteiger partial charge in [0.1, 0.15) is 11.5 Å². The molecule has 0 saturated carbocycles. The van der Waals surface area contributed by atoms with Crippen LogP contribution in [0.2, 0.25) is 0 Å². The summed E-state index contributed by atoms with van der Waals surface area (Å²) in [4.78, 5) is 1.71. The van der Waals surface area contributed by atoms with Gasteiger partial charge in [-0.2, -0.15) is 0 Å². The van der Waals surface area contributed by atoms with Gasteiger partial charge in [0.2, 0.25) is 0 Å². The molecule has 1 aliphatic rings. The Labute approximate surface area is 118 Å². The highest BCUT2D eigenvalue weighted by atomic mass is 19.1. The van der Waals surface area contributed by atoms with Crippen LogP contribution in [0.1, 0.15) is 33.1 Å². The zero-order chi connectivity index (χ0) is 14.8. The Morgan fingerprint density at radius 2 is 1.75 bits per heavy atom. The molecule has 112 valence electrons. The number of hydrogen-bond acceptors (Lipinski definition) is 2. The SMILES string of the molecule is CCC1(CC)CN(c2c(F)cc(F)cc2F)CCCN1. The van der Waals surface area contributed by atoms with Crippen LogP contribution < -0.4 is 10.2 Å². The number of hydrogen-bond donors (Lipinski definition) is 1. The molecule has 0 bridgehead atoms. The summed E-state index contributed by atoms with van der Waals surface area (Å²) in [6.45, 7) is 6.05. The summed E-state index contributed by atoms with van der Waals surface area (Å²) in [5.41, 5.74) is -0.259. The smallest absolute Gasteiger partial charge is 0.152 e. The Balaban J connectivity index is 2.36. The molecule has 1 aliphatic heterocycles. The van der Waals surface area contributed by atoms with E-state index in [4.69, 9.17) is 0 Å². The summed E-state index contributed by atoms with van der Waals surface area (Å²) in [7, 11) is 0. The van der Waals surface area contributed by atoms with E-state index in [1.807, 2.05) is 0 Å². The zero-order valence-electron chi connectivity index (χ0n) is 12.0.